The highest BCUT2D eigenvalue weighted by molar-refractivity contribution is 7.99. The summed E-state index contributed by atoms with van der Waals surface area (Å²) in [6.07, 6.45) is 0. The maximum absolute atomic E-state index is 12.4. The number of hydrogen-bond donors (Lipinski definition) is 2. The predicted octanol–water partition coefficient (Wildman–Crippen LogP) is 5.57. The van der Waals surface area contributed by atoms with Gasteiger partial charge < -0.3 is 10.6 Å². The molecular formula is C24H22ClN5OS. The molecule has 0 saturated heterocycles. The Bertz CT molecular complexity index is 1200. The van der Waals surface area contributed by atoms with Gasteiger partial charge >= 0.3 is 0 Å². The number of carbonyl (C=O) groups excluding carboxylic acids is 1. The van der Waals surface area contributed by atoms with E-state index in [0.717, 1.165) is 28.5 Å². The molecule has 6 nitrogen and oxygen atoms in total. The molecule has 0 bridgehead atoms. The Hall–Kier alpha value is -3.29. The zero-order chi connectivity index (χ0) is 22.3. The largest absolute Gasteiger partial charge is 0.378 e. The van der Waals surface area contributed by atoms with Crippen LogP contribution in [0.5, 0.6) is 0 Å². The SMILES string of the molecule is Cc1ccc(NCc2nnc(SCC(=O)Nc3ccccc3)n2-c2ccccc2)cc1Cl. The fourth-order valence-electron chi connectivity index (χ4n) is 3.08. The molecule has 0 atom stereocenters. The Morgan fingerprint density at radius 1 is 0.969 bits per heavy atom. The van der Waals surface area contributed by atoms with Gasteiger partial charge in [0.05, 0.1) is 12.3 Å². The number of para-hydroxylation sites is 2. The summed E-state index contributed by atoms with van der Waals surface area (Å²) in [7, 11) is 0. The molecule has 3 aromatic carbocycles. The maximum Gasteiger partial charge on any atom is 0.234 e. The van der Waals surface area contributed by atoms with Crippen molar-refractivity contribution in [2.24, 2.45) is 0 Å². The van der Waals surface area contributed by atoms with Crippen molar-refractivity contribution in [1.82, 2.24) is 14.8 Å². The summed E-state index contributed by atoms with van der Waals surface area (Å²) in [6.45, 7) is 2.42. The van der Waals surface area contributed by atoms with Gasteiger partial charge in [0.15, 0.2) is 11.0 Å². The number of aryl methyl sites for hydroxylation is 1. The Morgan fingerprint density at radius 3 is 2.41 bits per heavy atom. The van der Waals surface area contributed by atoms with Gasteiger partial charge in [0, 0.05) is 22.1 Å². The summed E-state index contributed by atoms with van der Waals surface area (Å²) < 4.78 is 1.96. The number of halogens is 1. The van der Waals surface area contributed by atoms with E-state index in [4.69, 9.17) is 11.6 Å². The number of aromatic nitrogens is 3. The Balaban J connectivity index is 1.50. The molecule has 0 fully saturated rings. The minimum absolute atomic E-state index is 0.0993. The van der Waals surface area contributed by atoms with Crippen molar-refractivity contribution in [1.29, 1.82) is 0 Å². The molecule has 4 aromatic rings. The Kier molecular flexibility index (Phi) is 7.09. The van der Waals surface area contributed by atoms with Crippen LogP contribution in [0.1, 0.15) is 11.4 Å². The van der Waals surface area contributed by atoms with Crippen LogP contribution in [0, 0.1) is 6.92 Å². The number of nitrogens with zero attached hydrogens (tertiary/aromatic N) is 3. The first kappa shape index (κ1) is 21.9. The number of hydrogen-bond acceptors (Lipinski definition) is 5. The molecule has 0 spiro atoms. The molecule has 1 amide bonds. The molecule has 0 unspecified atom stereocenters. The highest BCUT2D eigenvalue weighted by Gasteiger charge is 2.16. The number of amides is 1. The smallest absolute Gasteiger partial charge is 0.234 e. The molecule has 0 aliphatic carbocycles. The molecule has 4 rings (SSSR count). The number of thioether (sulfide) groups is 1. The molecule has 1 aromatic heterocycles. The van der Waals surface area contributed by atoms with Crippen LogP contribution in [-0.2, 0) is 11.3 Å². The van der Waals surface area contributed by atoms with Gasteiger partial charge in [-0.15, -0.1) is 10.2 Å². The predicted molar refractivity (Wildman–Crippen MR) is 131 cm³/mol. The lowest BCUT2D eigenvalue weighted by molar-refractivity contribution is -0.113. The van der Waals surface area contributed by atoms with Crippen LogP contribution >= 0.6 is 23.4 Å². The van der Waals surface area contributed by atoms with Gasteiger partial charge in [0.1, 0.15) is 0 Å². The van der Waals surface area contributed by atoms with Crippen molar-refractivity contribution in [2.75, 3.05) is 16.4 Å². The fraction of sp³-hybridized carbons (Fsp3) is 0.125. The van der Waals surface area contributed by atoms with Gasteiger partial charge in [0.2, 0.25) is 5.91 Å². The van der Waals surface area contributed by atoms with Crippen molar-refractivity contribution in [3.05, 3.63) is 95.3 Å². The van der Waals surface area contributed by atoms with Gasteiger partial charge in [-0.3, -0.25) is 9.36 Å². The van der Waals surface area contributed by atoms with Crippen LogP contribution in [0.3, 0.4) is 0 Å². The van der Waals surface area contributed by atoms with Crippen molar-refractivity contribution in [2.45, 2.75) is 18.6 Å². The summed E-state index contributed by atoms with van der Waals surface area (Å²) >= 11 is 7.59. The zero-order valence-corrected chi connectivity index (χ0v) is 19.0. The van der Waals surface area contributed by atoms with E-state index in [9.17, 15) is 4.79 Å². The molecular weight excluding hydrogens is 442 g/mol. The quantitative estimate of drug-likeness (QED) is 0.334. The van der Waals surface area contributed by atoms with Crippen LogP contribution < -0.4 is 10.6 Å². The molecule has 162 valence electrons. The Morgan fingerprint density at radius 2 is 1.69 bits per heavy atom. The minimum Gasteiger partial charge on any atom is -0.378 e. The molecule has 1 heterocycles. The monoisotopic (exact) mass is 463 g/mol. The van der Waals surface area contributed by atoms with Crippen molar-refractivity contribution in [3.8, 4) is 5.69 Å². The van der Waals surface area contributed by atoms with E-state index < -0.39 is 0 Å². The van der Waals surface area contributed by atoms with Crippen molar-refractivity contribution >= 4 is 40.6 Å². The molecule has 8 heteroatoms. The van der Waals surface area contributed by atoms with Crippen molar-refractivity contribution < 1.29 is 4.79 Å². The summed E-state index contributed by atoms with van der Waals surface area (Å²) in [6, 6.07) is 25.1. The zero-order valence-electron chi connectivity index (χ0n) is 17.5. The average Bonchev–Trinajstić information content (AvgIpc) is 3.22. The summed E-state index contributed by atoms with van der Waals surface area (Å²) in [5.41, 5.74) is 3.63. The van der Waals surface area contributed by atoms with E-state index >= 15 is 0 Å². The lowest BCUT2D eigenvalue weighted by atomic mass is 10.2. The highest BCUT2D eigenvalue weighted by Crippen LogP contribution is 2.24. The van der Waals surface area contributed by atoms with Crippen molar-refractivity contribution in [3.63, 3.8) is 0 Å². The number of nitrogens with one attached hydrogen (secondary N) is 2. The van der Waals surface area contributed by atoms with Gasteiger partial charge in [-0.2, -0.15) is 0 Å². The number of rotatable bonds is 8. The second-order valence-corrected chi connectivity index (χ2v) is 8.44. The third-order valence-corrected chi connectivity index (χ3v) is 6.06. The first-order valence-corrected chi connectivity index (χ1v) is 11.4. The fourth-order valence-corrected chi connectivity index (χ4v) is 4.03. The molecule has 0 aliphatic heterocycles. The number of carbonyl (C=O) groups is 1. The summed E-state index contributed by atoms with van der Waals surface area (Å²) in [5, 5.41) is 16.3. The standard InChI is InChI=1S/C24H22ClN5OS/c1-17-12-13-19(14-21(17)25)26-15-22-28-29-24(30(22)20-10-6-3-7-11-20)32-16-23(31)27-18-8-4-2-5-9-18/h2-14,26H,15-16H2,1H3,(H,27,31). The first-order chi connectivity index (χ1) is 15.6. The molecule has 2 N–H and O–H groups in total. The topological polar surface area (TPSA) is 71.8 Å². The number of benzene rings is 3. The van der Waals surface area contributed by atoms with Crippen LogP contribution in [0.4, 0.5) is 11.4 Å². The minimum atomic E-state index is -0.0993. The highest BCUT2D eigenvalue weighted by atomic mass is 35.5. The second kappa shape index (κ2) is 10.3. The van der Waals surface area contributed by atoms with E-state index in [2.05, 4.69) is 20.8 Å². The third-order valence-electron chi connectivity index (χ3n) is 4.73. The lowest BCUT2D eigenvalue weighted by Gasteiger charge is -2.12. The summed E-state index contributed by atoms with van der Waals surface area (Å²) in [5.74, 6) is 0.859. The van der Waals surface area contributed by atoms with E-state index in [1.165, 1.54) is 11.8 Å². The molecule has 0 saturated carbocycles. The van der Waals surface area contributed by atoms with E-state index in [0.29, 0.717) is 16.7 Å². The van der Waals surface area contributed by atoms with E-state index in [1.54, 1.807) is 0 Å². The molecule has 32 heavy (non-hydrogen) atoms. The van der Waals surface area contributed by atoms with E-state index in [-0.39, 0.29) is 11.7 Å². The molecule has 0 radical (unpaired) electrons. The first-order valence-electron chi connectivity index (χ1n) is 10.1. The van der Waals surface area contributed by atoms with Gasteiger partial charge in [-0.25, -0.2) is 0 Å². The van der Waals surface area contributed by atoms with Gasteiger partial charge in [-0.05, 0) is 48.9 Å². The van der Waals surface area contributed by atoms with Crippen LogP contribution in [0.2, 0.25) is 5.02 Å². The average molecular weight is 464 g/mol. The molecule has 0 aliphatic rings. The lowest BCUT2D eigenvalue weighted by Crippen LogP contribution is -2.14. The van der Waals surface area contributed by atoms with Crippen LogP contribution in [-0.4, -0.2) is 26.4 Å². The summed E-state index contributed by atoms with van der Waals surface area (Å²) in [4.78, 5) is 12.4. The number of anilines is 2. The normalized spacial score (nSPS) is 10.7. The van der Waals surface area contributed by atoms with Gasteiger partial charge in [0.25, 0.3) is 0 Å². The van der Waals surface area contributed by atoms with Gasteiger partial charge in [-0.1, -0.05) is 65.8 Å². The third kappa shape index (κ3) is 5.49. The van der Waals surface area contributed by atoms with E-state index in [1.807, 2.05) is 90.4 Å². The maximum atomic E-state index is 12.4. The van der Waals surface area contributed by atoms with Crippen LogP contribution in [0.25, 0.3) is 5.69 Å². The second-order valence-electron chi connectivity index (χ2n) is 7.09. The van der Waals surface area contributed by atoms with Crippen LogP contribution in [0.15, 0.2) is 84.0 Å². The Labute approximate surface area is 196 Å².